The molecule has 3 heterocycles. The Morgan fingerprint density at radius 2 is 0.818 bits per heavy atom. The lowest BCUT2D eigenvalue weighted by Crippen LogP contribution is -2.62. The summed E-state index contributed by atoms with van der Waals surface area (Å²) in [6, 6.07) is 46.3. The van der Waals surface area contributed by atoms with E-state index in [2.05, 4.69) is 248 Å². The zero-order valence-corrected chi connectivity index (χ0v) is 43.3. The number of fused-ring (bicyclic) bond motifs is 7. The highest BCUT2D eigenvalue weighted by atomic mass is 15.3. The standard InChI is InChI=1S/C62H74BN3/c1-56(2,3)39-18-24-44(25-19-39)64-51-31-23-42(59(10,11)12)35-49(51)63-48-29-28-46(66-50-30-22-41(58(7,8)9)34-47(50)61(16)32-33-62(61,66)17)38-52(48)65(45-26-20-40(21-27-45)57(4,5)6)54-37-43(60(13,14)15)36-53(64)55(54)63/h18-31,34-38H,32-33H2,1-17H3. The van der Waals surface area contributed by atoms with Gasteiger partial charge in [0, 0.05) is 50.9 Å². The number of nitrogens with zero attached hydrogens (tertiary/aromatic N) is 3. The molecule has 0 N–H and O–H groups in total. The highest BCUT2D eigenvalue weighted by Gasteiger charge is 2.63. The molecule has 0 spiro atoms. The van der Waals surface area contributed by atoms with Crippen molar-refractivity contribution >= 4 is 68.6 Å². The van der Waals surface area contributed by atoms with Crippen LogP contribution in [-0.2, 0) is 32.5 Å². The van der Waals surface area contributed by atoms with Gasteiger partial charge in [0.15, 0.2) is 0 Å². The Kier molecular flexibility index (Phi) is 9.57. The van der Waals surface area contributed by atoms with E-state index in [9.17, 15) is 0 Å². The maximum atomic E-state index is 2.74. The minimum Gasteiger partial charge on any atom is -0.334 e. The molecule has 4 aliphatic rings. The molecule has 1 fully saturated rings. The quantitative estimate of drug-likeness (QED) is 0.164. The van der Waals surface area contributed by atoms with Crippen molar-refractivity contribution in [3.05, 3.63) is 149 Å². The second-order valence-corrected chi connectivity index (χ2v) is 26.1. The number of anilines is 8. The van der Waals surface area contributed by atoms with Gasteiger partial charge in [0.2, 0.25) is 0 Å². The first kappa shape index (κ1) is 44.6. The summed E-state index contributed by atoms with van der Waals surface area (Å²) < 4.78 is 0. The van der Waals surface area contributed by atoms with Crippen molar-refractivity contribution in [3.63, 3.8) is 0 Å². The van der Waals surface area contributed by atoms with Crippen LogP contribution >= 0.6 is 0 Å². The smallest absolute Gasteiger partial charge is 0.252 e. The lowest BCUT2D eigenvalue weighted by molar-refractivity contribution is 0.133. The van der Waals surface area contributed by atoms with Gasteiger partial charge in [-0.1, -0.05) is 165 Å². The molecule has 0 aromatic heterocycles. The summed E-state index contributed by atoms with van der Waals surface area (Å²) in [5.74, 6) is 0. The fourth-order valence-electron chi connectivity index (χ4n) is 11.8. The molecule has 0 radical (unpaired) electrons. The predicted octanol–water partition coefficient (Wildman–Crippen LogP) is 15.2. The number of hydrogen-bond donors (Lipinski definition) is 0. The first-order valence-electron chi connectivity index (χ1n) is 24.8. The minimum atomic E-state index is -0.0997. The fraction of sp³-hybridized carbons (Fsp3) is 0.419. The molecule has 4 heteroatoms. The van der Waals surface area contributed by atoms with E-state index in [1.54, 1.807) is 0 Å². The summed E-state index contributed by atoms with van der Waals surface area (Å²) in [7, 11) is 0. The summed E-state index contributed by atoms with van der Waals surface area (Å²) in [5.41, 5.74) is 22.6. The van der Waals surface area contributed by atoms with Gasteiger partial charge in [0.1, 0.15) is 0 Å². The van der Waals surface area contributed by atoms with Crippen LogP contribution in [0.3, 0.4) is 0 Å². The molecule has 0 saturated heterocycles. The maximum Gasteiger partial charge on any atom is 0.252 e. The first-order valence-corrected chi connectivity index (χ1v) is 24.8. The Morgan fingerprint density at radius 1 is 0.379 bits per heavy atom. The maximum absolute atomic E-state index is 2.74. The fourth-order valence-corrected chi connectivity index (χ4v) is 11.8. The molecule has 10 rings (SSSR count). The van der Waals surface area contributed by atoms with E-state index < -0.39 is 0 Å². The van der Waals surface area contributed by atoms with E-state index in [0.717, 1.165) is 6.42 Å². The molecular formula is C62H74BN3. The van der Waals surface area contributed by atoms with Crippen molar-refractivity contribution in [3.8, 4) is 0 Å². The van der Waals surface area contributed by atoms with Gasteiger partial charge >= 0.3 is 0 Å². The van der Waals surface area contributed by atoms with Gasteiger partial charge in [-0.25, -0.2) is 0 Å². The number of hydrogen-bond acceptors (Lipinski definition) is 3. The summed E-state index contributed by atoms with van der Waals surface area (Å²) in [6.07, 6.45) is 2.37. The monoisotopic (exact) mass is 872 g/mol. The molecule has 1 saturated carbocycles. The molecule has 6 aromatic carbocycles. The van der Waals surface area contributed by atoms with Crippen LogP contribution in [0.4, 0.5) is 45.5 Å². The van der Waals surface area contributed by atoms with E-state index in [4.69, 9.17) is 0 Å². The highest BCUT2D eigenvalue weighted by Crippen LogP contribution is 2.65. The third-order valence-electron chi connectivity index (χ3n) is 16.5. The lowest BCUT2D eigenvalue weighted by Gasteiger charge is -2.56. The molecule has 66 heavy (non-hydrogen) atoms. The second-order valence-electron chi connectivity index (χ2n) is 26.1. The van der Waals surface area contributed by atoms with E-state index >= 15 is 0 Å². The van der Waals surface area contributed by atoms with Crippen LogP contribution in [0.1, 0.15) is 164 Å². The Bertz CT molecular complexity index is 2920. The average Bonchev–Trinajstić information content (AvgIpc) is 3.36. The van der Waals surface area contributed by atoms with Crippen LogP contribution in [0.2, 0.25) is 0 Å². The highest BCUT2D eigenvalue weighted by molar-refractivity contribution is 7.00. The second kappa shape index (κ2) is 14.2. The Hall–Kier alpha value is -5.22. The van der Waals surface area contributed by atoms with Gasteiger partial charge in [-0.2, -0.15) is 0 Å². The van der Waals surface area contributed by atoms with E-state index in [-0.39, 0.29) is 44.7 Å². The summed E-state index contributed by atoms with van der Waals surface area (Å²) >= 11 is 0. The van der Waals surface area contributed by atoms with Crippen LogP contribution in [0.15, 0.2) is 115 Å². The summed E-state index contributed by atoms with van der Waals surface area (Å²) in [5, 5.41) is 0. The van der Waals surface area contributed by atoms with Crippen molar-refractivity contribution in [2.24, 2.45) is 0 Å². The molecule has 6 aromatic rings. The average molecular weight is 872 g/mol. The van der Waals surface area contributed by atoms with Crippen LogP contribution in [-0.4, -0.2) is 12.3 Å². The minimum absolute atomic E-state index is 0.0174. The van der Waals surface area contributed by atoms with Gasteiger partial charge in [0.25, 0.3) is 6.71 Å². The summed E-state index contributed by atoms with van der Waals surface area (Å²) in [4.78, 5) is 7.96. The van der Waals surface area contributed by atoms with Crippen LogP contribution in [0.5, 0.6) is 0 Å². The van der Waals surface area contributed by atoms with Gasteiger partial charge < -0.3 is 14.7 Å². The van der Waals surface area contributed by atoms with Gasteiger partial charge in [-0.05, 0) is 157 Å². The molecule has 1 aliphatic carbocycles. The molecule has 2 unspecified atom stereocenters. The number of benzene rings is 6. The van der Waals surface area contributed by atoms with Crippen LogP contribution in [0.25, 0.3) is 0 Å². The third kappa shape index (κ3) is 6.65. The van der Waals surface area contributed by atoms with Gasteiger partial charge in [-0.15, -0.1) is 0 Å². The topological polar surface area (TPSA) is 9.72 Å². The Morgan fingerprint density at radius 3 is 1.29 bits per heavy atom. The SMILES string of the molecule is CC(C)(C)c1ccc(N2c3ccc(C(C)(C)C)cc3B3c4ccc(N5c6ccc(C(C)(C)C)cc6C6(C)CCC56C)cc4N(c4ccc(C(C)(C)C)cc4)c4cc(C(C)(C)C)cc2c43)cc1. The number of rotatable bonds is 3. The summed E-state index contributed by atoms with van der Waals surface area (Å²) in [6.45, 7) is 40.2. The van der Waals surface area contributed by atoms with Gasteiger partial charge in [-0.3, -0.25) is 0 Å². The Balaban J connectivity index is 1.28. The molecule has 3 aliphatic heterocycles. The molecule has 3 nitrogen and oxygen atoms in total. The molecule has 2 atom stereocenters. The van der Waals surface area contributed by atoms with Crippen molar-refractivity contribution in [2.45, 2.75) is 169 Å². The molecular weight excluding hydrogens is 798 g/mol. The van der Waals surface area contributed by atoms with Crippen molar-refractivity contribution < 1.29 is 0 Å². The first-order chi connectivity index (χ1) is 30.6. The molecule has 340 valence electrons. The van der Waals surface area contributed by atoms with Crippen LogP contribution in [0, 0.1) is 0 Å². The molecule has 0 amide bonds. The zero-order chi connectivity index (χ0) is 47.5. The van der Waals surface area contributed by atoms with Crippen molar-refractivity contribution in [1.29, 1.82) is 0 Å². The Labute approximate surface area is 398 Å². The molecule has 0 bridgehead atoms. The predicted molar refractivity (Wildman–Crippen MR) is 288 cm³/mol. The third-order valence-corrected chi connectivity index (χ3v) is 16.5. The van der Waals surface area contributed by atoms with Crippen LogP contribution < -0.4 is 31.1 Å². The van der Waals surface area contributed by atoms with Crippen molar-refractivity contribution in [2.75, 3.05) is 14.7 Å². The largest absolute Gasteiger partial charge is 0.334 e. The van der Waals surface area contributed by atoms with E-state index in [1.807, 2.05) is 0 Å². The zero-order valence-electron chi connectivity index (χ0n) is 43.3. The van der Waals surface area contributed by atoms with E-state index in [0.29, 0.717) is 0 Å². The van der Waals surface area contributed by atoms with Crippen molar-refractivity contribution in [1.82, 2.24) is 0 Å². The normalized spacial score (nSPS) is 20.1. The van der Waals surface area contributed by atoms with Gasteiger partial charge in [0.05, 0.1) is 5.54 Å². The van der Waals surface area contributed by atoms with E-state index in [1.165, 1.54) is 102 Å². The lowest BCUT2D eigenvalue weighted by atomic mass is 9.33.